The predicted molar refractivity (Wildman–Crippen MR) is 207 cm³/mol. The van der Waals surface area contributed by atoms with Crippen LogP contribution in [0.1, 0.15) is 33.4 Å². The van der Waals surface area contributed by atoms with E-state index in [9.17, 15) is 25.2 Å². The molecule has 0 unspecified atom stereocenters. The summed E-state index contributed by atoms with van der Waals surface area (Å²) in [4.78, 5) is 4.28. The zero-order valence-electron chi connectivity index (χ0n) is 29.5. The third-order valence-corrected chi connectivity index (χ3v) is 8.38. The first-order valence-electron chi connectivity index (χ1n) is 16.4. The van der Waals surface area contributed by atoms with Crippen LogP contribution in [-0.4, -0.2) is 28.2 Å². The topological polar surface area (TPSA) is 10.4 Å². The van der Waals surface area contributed by atoms with Crippen molar-refractivity contribution < 1.29 is 29.7 Å². The molecule has 0 amide bonds. The van der Waals surface area contributed by atoms with Crippen LogP contribution in [0.15, 0.2) is 140 Å². The molecule has 10 heteroatoms. The van der Waals surface area contributed by atoms with Gasteiger partial charge in [0.1, 0.15) is 7.05 Å². The number of hydrogen-bond acceptors (Lipinski definition) is 2. The maximum absolute atomic E-state index is 10.7. The molecule has 0 N–H and O–H groups in total. The van der Waals surface area contributed by atoms with Gasteiger partial charge in [0.25, 0.3) is 0 Å². The Bertz CT molecular complexity index is 2150. The van der Waals surface area contributed by atoms with Crippen molar-refractivity contribution in [2.45, 2.75) is 0 Å². The number of hydrogen-bond donors (Lipinski definition) is 0. The summed E-state index contributed by atoms with van der Waals surface area (Å²) in [6.45, 7) is 0. The predicted octanol–water partition coefficient (Wildman–Crippen LogP) is 12.4. The van der Waals surface area contributed by atoms with E-state index < -0.39 is 7.81 Å². The fraction of sp³-hybridized carbons (Fsp3) is 0.119. The zero-order chi connectivity index (χ0) is 37.7. The minimum atomic E-state index is -10.7. The Labute approximate surface area is 300 Å². The van der Waals surface area contributed by atoms with Crippen LogP contribution in [0.5, 0.6) is 0 Å². The molecule has 0 atom stereocenters. The second-order valence-electron chi connectivity index (χ2n) is 12.8. The van der Waals surface area contributed by atoms with E-state index in [0.717, 1.165) is 5.56 Å². The van der Waals surface area contributed by atoms with Crippen molar-refractivity contribution in [2.75, 3.05) is 38.0 Å². The van der Waals surface area contributed by atoms with E-state index in [-0.39, 0.29) is 0 Å². The number of rotatable bonds is 8. The maximum atomic E-state index is 9.87. The Morgan fingerprint density at radius 2 is 0.904 bits per heavy atom. The molecule has 270 valence electrons. The number of halogens is 6. The fourth-order valence-electron chi connectivity index (χ4n) is 5.85. The van der Waals surface area contributed by atoms with E-state index in [1.165, 1.54) is 61.2 Å². The van der Waals surface area contributed by atoms with Gasteiger partial charge in [0.15, 0.2) is 6.20 Å². The van der Waals surface area contributed by atoms with E-state index in [4.69, 9.17) is 0 Å². The number of benzene rings is 5. The van der Waals surface area contributed by atoms with Crippen LogP contribution in [-0.2, 0) is 7.05 Å². The molecule has 5 aromatic carbocycles. The van der Waals surface area contributed by atoms with Crippen LogP contribution in [0, 0.1) is 0 Å². The molecule has 0 spiro atoms. The second-order valence-corrected chi connectivity index (χ2v) is 14.7. The van der Waals surface area contributed by atoms with Crippen LogP contribution >= 0.6 is 7.81 Å². The van der Waals surface area contributed by atoms with Crippen molar-refractivity contribution in [2.24, 2.45) is 7.05 Å². The Balaban J connectivity index is 0.000000679. The van der Waals surface area contributed by atoms with Gasteiger partial charge < -0.3 is 9.80 Å². The molecule has 0 saturated carbocycles. The fourth-order valence-corrected chi connectivity index (χ4v) is 5.85. The second kappa shape index (κ2) is 14.3. The average Bonchev–Trinajstić information content (AvgIpc) is 3.10. The van der Waals surface area contributed by atoms with Crippen LogP contribution in [0.2, 0.25) is 0 Å². The van der Waals surface area contributed by atoms with Gasteiger partial charge in [0.05, 0.1) is 5.39 Å². The summed E-state index contributed by atoms with van der Waals surface area (Å²) in [6.07, 6.45) is 6.55. The van der Waals surface area contributed by atoms with Crippen LogP contribution in [0.3, 0.4) is 0 Å². The first kappa shape index (κ1) is 37.8. The molecule has 0 aliphatic carbocycles. The number of pyridine rings is 1. The van der Waals surface area contributed by atoms with Crippen molar-refractivity contribution in [1.29, 1.82) is 0 Å². The molecular formula is C42H40F6N3P. The average molecular weight is 732 g/mol. The van der Waals surface area contributed by atoms with Gasteiger partial charge in [-0.2, -0.15) is 0 Å². The monoisotopic (exact) mass is 731 g/mol. The molecule has 0 fully saturated rings. The summed E-state index contributed by atoms with van der Waals surface area (Å²) in [5.41, 5.74) is 13.1. The molecule has 6 rings (SSSR count). The van der Waals surface area contributed by atoms with Crippen molar-refractivity contribution in [3.8, 4) is 0 Å². The molecule has 1 aromatic heterocycles. The van der Waals surface area contributed by atoms with Gasteiger partial charge in [-0.1, -0.05) is 103 Å². The van der Waals surface area contributed by atoms with Crippen LogP contribution in [0.25, 0.3) is 34.2 Å². The Hall–Kier alpha value is -5.40. The van der Waals surface area contributed by atoms with Crippen molar-refractivity contribution in [1.82, 2.24) is 0 Å². The molecule has 6 aromatic rings. The molecule has 0 radical (unpaired) electrons. The Morgan fingerprint density at radius 1 is 0.500 bits per heavy atom. The summed E-state index contributed by atoms with van der Waals surface area (Å²) in [7, 11) is -0.243. The van der Waals surface area contributed by atoms with E-state index in [1.54, 1.807) is 0 Å². The van der Waals surface area contributed by atoms with Gasteiger partial charge in [-0.05, 0) is 74.9 Å². The summed E-state index contributed by atoms with van der Waals surface area (Å²) in [5, 5.41) is 1.25. The van der Waals surface area contributed by atoms with Gasteiger partial charge in [-0.25, -0.2) is 4.57 Å². The van der Waals surface area contributed by atoms with Gasteiger partial charge in [-0.3, -0.25) is 0 Å². The van der Waals surface area contributed by atoms with Crippen LogP contribution in [0.4, 0.5) is 36.6 Å². The number of aromatic nitrogens is 1. The number of anilines is 2. The van der Waals surface area contributed by atoms with Crippen molar-refractivity contribution in [3.63, 3.8) is 0 Å². The normalized spacial score (nSPS) is 12.8. The SMILES string of the molecule is CN(C)c1ccc(C(=C(c2ccccc2)c2ccc(/C=C/c3cc[n+](C)c4ccccc34)cc2)c2ccc(N(C)C)cc2)cc1.F[P-](F)(F)(F)(F)F. The Morgan fingerprint density at radius 3 is 1.37 bits per heavy atom. The standard InChI is InChI=1S/C42H40N3.F6P/c1-43(2)37-25-21-35(22-26-37)42(36-23-27-38(28-24-36)44(3)4)41(33-11-7-6-8-12-33)34-19-16-31(17-20-34)15-18-32-29-30-45(5)40-14-10-9-13-39(32)40;1-7(2,3,4,5)6/h6-30H,1-5H3;/q+1;-1. The van der Waals surface area contributed by atoms with Gasteiger partial charge >= 0.3 is 33.0 Å². The first-order valence-corrected chi connectivity index (χ1v) is 18.4. The van der Waals surface area contributed by atoms with E-state index >= 15 is 0 Å². The summed E-state index contributed by atoms with van der Waals surface area (Å²) in [5.74, 6) is 0. The van der Waals surface area contributed by atoms with E-state index in [2.05, 4.69) is 201 Å². The minimum absolute atomic E-state index is 1.16. The molecule has 1 heterocycles. The van der Waals surface area contributed by atoms with Crippen LogP contribution < -0.4 is 14.4 Å². The number of fused-ring (bicyclic) bond motifs is 1. The number of para-hydroxylation sites is 1. The van der Waals surface area contributed by atoms with Crippen molar-refractivity contribution >= 4 is 53.4 Å². The molecule has 0 bridgehead atoms. The van der Waals surface area contributed by atoms with E-state index in [1.807, 2.05) is 0 Å². The molecule has 0 aliphatic rings. The first-order chi connectivity index (χ1) is 24.3. The molecule has 3 nitrogen and oxygen atoms in total. The third kappa shape index (κ3) is 10.6. The molecular weight excluding hydrogens is 691 g/mol. The Kier molecular flexibility index (Phi) is 10.4. The molecule has 0 aliphatic heterocycles. The number of nitrogens with zero attached hydrogens (tertiary/aromatic N) is 3. The quantitative estimate of drug-likeness (QED) is 0.0668. The number of aryl methyl sites for hydroxylation is 1. The van der Waals surface area contributed by atoms with Gasteiger partial charge in [-0.15, -0.1) is 0 Å². The zero-order valence-corrected chi connectivity index (χ0v) is 30.4. The summed E-state index contributed by atoms with van der Waals surface area (Å²) >= 11 is 0. The van der Waals surface area contributed by atoms with Crippen molar-refractivity contribution in [3.05, 3.63) is 173 Å². The summed E-state index contributed by atoms with van der Waals surface area (Å²) < 4.78 is 61.4. The summed E-state index contributed by atoms with van der Waals surface area (Å²) in [6, 6.07) is 48.2. The molecule has 0 saturated heterocycles. The van der Waals surface area contributed by atoms with Gasteiger partial charge in [0, 0.05) is 51.7 Å². The van der Waals surface area contributed by atoms with E-state index in [0.29, 0.717) is 0 Å². The molecule has 52 heavy (non-hydrogen) atoms. The van der Waals surface area contributed by atoms with Gasteiger partial charge in [0.2, 0.25) is 5.52 Å². The third-order valence-electron chi connectivity index (χ3n) is 8.38.